The summed E-state index contributed by atoms with van der Waals surface area (Å²) in [4.78, 5) is 6.67. The van der Waals surface area contributed by atoms with Gasteiger partial charge in [-0.15, -0.1) is 22.7 Å². The third kappa shape index (κ3) is 4.20. The third-order valence-corrected chi connectivity index (χ3v) is 5.45. The first-order chi connectivity index (χ1) is 12.6. The van der Waals surface area contributed by atoms with Gasteiger partial charge in [-0.25, -0.2) is 4.68 Å². The van der Waals surface area contributed by atoms with Gasteiger partial charge in [0.15, 0.2) is 0 Å². The van der Waals surface area contributed by atoms with E-state index in [4.69, 9.17) is 5.10 Å². The number of phenols is 1. The lowest BCUT2D eigenvalue weighted by atomic mass is 10.1. The fourth-order valence-corrected chi connectivity index (χ4v) is 4.03. The minimum atomic E-state index is 0.254. The minimum Gasteiger partial charge on any atom is -0.508 e. The van der Waals surface area contributed by atoms with Gasteiger partial charge in [0.25, 0.3) is 0 Å². The summed E-state index contributed by atoms with van der Waals surface area (Å²) in [7, 11) is 0. The van der Waals surface area contributed by atoms with Gasteiger partial charge in [0.1, 0.15) is 5.75 Å². The smallest absolute Gasteiger partial charge is 0.206 e. The lowest BCUT2D eigenvalue weighted by molar-refractivity contribution is 0.475. The zero-order chi connectivity index (χ0) is 18.5. The Morgan fingerprint density at radius 2 is 1.96 bits per heavy atom. The number of aromatic nitrogens is 1. The Labute approximate surface area is 161 Å². The topological polar surface area (TPSA) is 49.9 Å². The van der Waals surface area contributed by atoms with Crippen LogP contribution in [0.15, 0.2) is 69.4 Å². The van der Waals surface area contributed by atoms with E-state index >= 15 is 0 Å². The summed E-state index contributed by atoms with van der Waals surface area (Å²) < 4.78 is 1.92. The van der Waals surface area contributed by atoms with Crippen LogP contribution in [0, 0.1) is 0 Å². The second-order valence-corrected chi connectivity index (χ2v) is 7.70. The lowest BCUT2D eigenvalue weighted by Gasteiger charge is -2.07. The van der Waals surface area contributed by atoms with Gasteiger partial charge < -0.3 is 5.11 Å². The van der Waals surface area contributed by atoms with Crippen molar-refractivity contribution in [2.45, 2.75) is 20.3 Å². The summed E-state index contributed by atoms with van der Waals surface area (Å²) in [5.74, 6) is 0.254. The average molecular weight is 384 g/mol. The van der Waals surface area contributed by atoms with Crippen LogP contribution in [-0.2, 0) is 0 Å². The van der Waals surface area contributed by atoms with Gasteiger partial charge in [-0.05, 0) is 54.6 Å². The molecule has 0 saturated heterocycles. The van der Waals surface area contributed by atoms with Gasteiger partial charge in [-0.3, -0.25) is 4.99 Å². The molecule has 0 amide bonds. The van der Waals surface area contributed by atoms with E-state index in [9.17, 15) is 5.11 Å². The molecule has 0 aliphatic heterocycles. The summed E-state index contributed by atoms with van der Waals surface area (Å²) in [5, 5.41) is 18.6. The molecule has 26 heavy (non-hydrogen) atoms. The fourth-order valence-electron chi connectivity index (χ4n) is 2.41. The average Bonchev–Trinajstić information content (AvgIpc) is 3.28. The number of thiophene rings is 1. The highest BCUT2D eigenvalue weighted by atomic mass is 32.1. The Morgan fingerprint density at radius 3 is 2.58 bits per heavy atom. The Balaban J connectivity index is 2.14. The number of aromatic hydroxyl groups is 1. The van der Waals surface area contributed by atoms with E-state index in [1.165, 1.54) is 0 Å². The maximum atomic E-state index is 9.54. The van der Waals surface area contributed by atoms with Crippen LogP contribution in [0.2, 0.25) is 0 Å². The number of thiazole rings is 1. The highest BCUT2D eigenvalue weighted by Gasteiger charge is 2.10. The van der Waals surface area contributed by atoms with E-state index in [0.717, 1.165) is 38.6 Å². The largest absolute Gasteiger partial charge is 0.508 e. The van der Waals surface area contributed by atoms with E-state index in [0.29, 0.717) is 6.54 Å². The molecule has 6 heteroatoms. The predicted molar refractivity (Wildman–Crippen MR) is 111 cm³/mol. The summed E-state index contributed by atoms with van der Waals surface area (Å²) in [5.41, 5.74) is 3.99. The zero-order valence-corrected chi connectivity index (χ0v) is 16.5. The van der Waals surface area contributed by atoms with Gasteiger partial charge in [0.05, 0.1) is 22.8 Å². The van der Waals surface area contributed by atoms with E-state index < -0.39 is 0 Å². The van der Waals surface area contributed by atoms with Gasteiger partial charge in [0.2, 0.25) is 4.80 Å². The van der Waals surface area contributed by atoms with Crippen molar-refractivity contribution in [1.82, 2.24) is 4.68 Å². The monoisotopic (exact) mass is 383 g/mol. The van der Waals surface area contributed by atoms with Gasteiger partial charge in [0, 0.05) is 5.38 Å². The second kappa shape index (κ2) is 8.29. The minimum absolute atomic E-state index is 0.254. The molecule has 3 rings (SSSR count). The van der Waals surface area contributed by atoms with Crippen LogP contribution in [0.4, 0.5) is 0 Å². The molecule has 134 valence electrons. The molecule has 3 aromatic rings. The molecular weight excluding hydrogens is 362 g/mol. The number of phenolic OH excluding ortho intramolecular Hbond substituents is 1. The predicted octanol–water partition coefficient (Wildman–Crippen LogP) is 5.12. The standard InChI is InChI=1S/C20H21N3OS2/c1-4-17(15-7-9-16(24)10-8-15)22-23-18(19-6-5-11-25-19)13-26-20(23)21-12-14(2)3/h5-11,13,24H,2,4,12H2,1,3H3. The molecule has 4 nitrogen and oxygen atoms in total. The number of nitrogens with zero attached hydrogens (tertiary/aromatic N) is 3. The third-order valence-electron chi connectivity index (χ3n) is 3.70. The van der Waals surface area contributed by atoms with Gasteiger partial charge in [-0.2, -0.15) is 5.10 Å². The van der Waals surface area contributed by atoms with Crippen LogP contribution in [0.5, 0.6) is 5.75 Å². The normalized spacial score (nSPS) is 12.5. The molecule has 0 saturated carbocycles. The number of hydrogen-bond donors (Lipinski definition) is 1. The van der Waals surface area contributed by atoms with E-state index in [-0.39, 0.29) is 5.75 Å². The van der Waals surface area contributed by atoms with E-state index in [2.05, 4.69) is 35.3 Å². The van der Waals surface area contributed by atoms with Crippen LogP contribution >= 0.6 is 22.7 Å². The van der Waals surface area contributed by atoms with Crippen molar-refractivity contribution in [2.75, 3.05) is 6.54 Å². The van der Waals surface area contributed by atoms with Crippen molar-refractivity contribution >= 4 is 28.4 Å². The molecule has 2 heterocycles. The van der Waals surface area contributed by atoms with Gasteiger partial charge >= 0.3 is 0 Å². The van der Waals surface area contributed by atoms with Gasteiger partial charge in [-0.1, -0.05) is 25.1 Å². The molecule has 0 spiro atoms. The number of benzene rings is 1. The van der Waals surface area contributed by atoms with E-state index in [1.807, 2.05) is 29.8 Å². The summed E-state index contributed by atoms with van der Waals surface area (Å²) >= 11 is 3.27. The van der Waals surface area contributed by atoms with Crippen LogP contribution in [0.1, 0.15) is 25.8 Å². The first-order valence-corrected chi connectivity index (χ1v) is 10.1. The molecular formula is C20H21N3OS2. The summed E-state index contributed by atoms with van der Waals surface area (Å²) in [6.45, 7) is 8.57. The Morgan fingerprint density at radius 1 is 1.19 bits per heavy atom. The van der Waals surface area contributed by atoms with Crippen LogP contribution in [0.3, 0.4) is 0 Å². The van der Waals surface area contributed by atoms with Crippen LogP contribution < -0.4 is 4.80 Å². The highest BCUT2D eigenvalue weighted by Crippen LogP contribution is 2.25. The Bertz CT molecular complexity index is 977. The van der Waals surface area contributed by atoms with Crippen molar-refractivity contribution in [3.8, 4) is 16.3 Å². The Hall–Kier alpha value is -2.44. The van der Waals surface area contributed by atoms with E-state index in [1.54, 1.807) is 34.8 Å². The fraction of sp³-hybridized carbons (Fsp3) is 0.200. The van der Waals surface area contributed by atoms with Crippen molar-refractivity contribution in [3.05, 3.63) is 69.7 Å². The molecule has 1 N–H and O–H groups in total. The molecule has 0 radical (unpaired) electrons. The molecule has 0 bridgehead atoms. The molecule has 0 aliphatic carbocycles. The highest BCUT2D eigenvalue weighted by molar-refractivity contribution is 7.14. The molecule has 0 unspecified atom stereocenters. The first-order valence-electron chi connectivity index (χ1n) is 8.35. The van der Waals surface area contributed by atoms with Crippen LogP contribution in [0.25, 0.3) is 10.6 Å². The summed E-state index contributed by atoms with van der Waals surface area (Å²) in [6.07, 6.45) is 0.775. The SMILES string of the molecule is C=C(C)CN=c1scc(-c2cccs2)n1N=C(CC)c1ccc(O)cc1. The molecule has 1 aromatic carbocycles. The second-order valence-electron chi connectivity index (χ2n) is 5.91. The maximum Gasteiger partial charge on any atom is 0.206 e. The van der Waals surface area contributed by atoms with Crippen molar-refractivity contribution < 1.29 is 5.11 Å². The van der Waals surface area contributed by atoms with Crippen molar-refractivity contribution in [2.24, 2.45) is 10.1 Å². The lowest BCUT2D eigenvalue weighted by Crippen LogP contribution is -2.15. The zero-order valence-electron chi connectivity index (χ0n) is 14.8. The quantitative estimate of drug-likeness (QED) is 0.466. The summed E-state index contributed by atoms with van der Waals surface area (Å²) in [6, 6.07) is 11.3. The Kier molecular flexibility index (Phi) is 5.85. The molecule has 0 aliphatic rings. The number of rotatable bonds is 6. The van der Waals surface area contributed by atoms with Crippen molar-refractivity contribution in [3.63, 3.8) is 0 Å². The molecule has 0 atom stereocenters. The van der Waals surface area contributed by atoms with Crippen molar-refractivity contribution in [1.29, 1.82) is 0 Å². The molecule has 2 aromatic heterocycles. The number of hydrogen-bond acceptors (Lipinski definition) is 5. The maximum absolute atomic E-state index is 9.54. The first kappa shape index (κ1) is 18.4. The molecule has 0 fully saturated rings. The van der Waals surface area contributed by atoms with Crippen LogP contribution in [-0.4, -0.2) is 22.0 Å².